The van der Waals surface area contributed by atoms with Crippen LogP contribution in [0.2, 0.25) is 0 Å². The Labute approximate surface area is 330 Å². The zero-order valence-corrected chi connectivity index (χ0v) is 35.9. The molecule has 3 aliphatic rings. The lowest BCUT2D eigenvalue weighted by atomic mass is 9.77. The van der Waals surface area contributed by atoms with Crippen LogP contribution >= 0.6 is 0 Å². The molecule has 0 aromatic heterocycles. The van der Waals surface area contributed by atoms with Crippen LogP contribution in [-0.2, 0) is 33.2 Å². The summed E-state index contributed by atoms with van der Waals surface area (Å²) in [6, 6.07) is -0.852. The van der Waals surface area contributed by atoms with Crippen molar-refractivity contribution < 1.29 is 58.7 Å². The number of methoxy groups -OCH3 is 1. The number of likely N-dealkylation sites (N-methyl/N-ethyl adjacent to an activating group) is 2. The number of ether oxygens (including phenoxy) is 6. The second-order valence-electron chi connectivity index (χ2n) is 17.8. The Balaban J connectivity index is 2.17. The van der Waals surface area contributed by atoms with Gasteiger partial charge in [-0.05, 0) is 107 Å². The Hall–Kier alpha value is -1.05. The number of cyclic esters (lactones) is 1. The summed E-state index contributed by atoms with van der Waals surface area (Å²) in [6.45, 7) is 19.2. The number of nitrogens with two attached hydrogens (primary N) is 1. The maximum Gasteiger partial charge on any atom is 0.311 e. The van der Waals surface area contributed by atoms with Crippen molar-refractivity contribution in [3.8, 4) is 0 Å². The summed E-state index contributed by atoms with van der Waals surface area (Å²) >= 11 is 0. The van der Waals surface area contributed by atoms with Gasteiger partial charge in [-0.15, -0.1) is 0 Å². The Morgan fingerprint density at radius 2 is 1.62 bits per heavy atom. The molecule has 324 valence electrons. The minimum Gasteiger partial charge on any atom is -0.459 e. The Bertz CT molecular complexity index is 1200. The molecule has 3 fully saturated rings. The van der Waals surface area contributed by atoms with Crippen LogP contribution < -0.4 is 5.73 Å². The summed E-state index contributed by atoms with van der Waals surface area (Å²) in [5.74, 6) is -2.63. The number of esters is 1. The van der Waals surface area contributed by atoms with Crippen molar-refractivity contribution in [1.82, 2.24) is 9.80 Å². The molecule has 55 heavy (non-hydrogen) atoms. The first-order valence-corrected chi connectivity index (χ1v) is 20.4. The van der Waals surface area contributed by atoms with Crippen LogP contribution in [0, 0.1) is 17.8 Å². The van der Waals surface area contributed by atoms with Gasteiger partial charge in [-0.2, -0.15) is 0 Å². The molecule has 3 aliphatic heterocycles. The molecule has 3 heterocycles. The van der Waals surface area contributed by atoms with Crippen molar-refractivity contribution in [2.24, 2.45) is 23.5 Å². The fourth-order valence-corrected chi connectivity index (χ4v) is 9.17. The number of aliphatic hydroxyl groups excluding tert-OH is 3. The molecule has 18 atom stereocenters. The molecule has 15 heteroatoms. The van der Waals surface area contributed by atoms with E-state index in [1.807, 2.05) is 39.8 Å². The number of carbonyl (C=O) groups excluding carboxylic acids is 1. The van der Waals surface area contributed by atoms with Gasteiger partial charge in [0.2, 0.25) is 0 Å². The first-order valence-electron chi connectivity index (χ1n) is 20.4. The van der Waals surface area contributed by atoms with Gasteiger partial charge < -0.3 is 69.5 Å². The topological polar surface area (TPSA) is 206 Å². The largest absolute Gasteiger partial charge is 0.459 e. The standard InChI is InChI=1S/C40H77N3O12/c1-14-29-40(10,49)33(45)26(6)43(12)21-22(2)19-38(8,48)35(55-37-31(44)28(18-23(3)51-37)42(11)17-15-16-41)24(4)32(25(5)36(47)53-29)54-30-20-39(9,50-13)34(46)27(7)52-30/h22-35,37,44-46,48-49H,14-21,41H2,1-13H3/t22-,23?,24+,25+,26+,27-,28-,29-,30+,31-,32+,33+,34+,35-,37-,38?,39?,40+/m0/s1. The average Bonchev–Trinajstić information content (AvgIpc) is 3.11. The van der Waals surface area contributed by atoms with E-state index in [2.05, 4.69) is 4.90 Å². The highest BCUT2D eigenvalue weighted by atomic mass is 16.7. The summed E-state index contributed by atoms with van der Waals surface area (Å²) < 4.78 is 37.8. The highest BCUT2D eigenvalue weighted by molar-refractivity contribution is 5.73. The first kappa shape index (κ1) is 48.3. The van der Waals surface area contributed by atoms with E-state index in [0.29, 0.717) is 26.1 Å². The predicted molar refractivity (Wildman–Crippen MR) is 207 cm³/mol. The van der Waals surface area contributed by atoms with E-state index in [1.165, 1.54) is 14.0 Å². The third-order valence-electron chi connectivity index (χ3n) is 12.8. The van der Waals surface area contributed by atoms with Gasteiger partial charge >= 0.3 is 5.97 Å². The first-order chi connectivity index (χ1) is 25.4. The van der Waals surface area contributed by atoms with Crippen LogP contribution in [0.4, 0.5) is 0 Å². The second-order valence-corrected chi connectivity index (χ2v) is 17.8. The van der Waals surface area contributed by atoms with Crippen molar-refractivity contribution >= 4 is 5.97 Å². The van der Waals surface area contributed by atoms with Crippen LogP contribution in [0.15, 0.2) is 0 Å². The molecule has 0 aromatic carbocycles. The zero-order chi connectivity index (χ0) is 41.8. The SMILES string of the molecule is CC[C@@H]1OC(=O)[C@H](C)[C@H](O[C@@H]2CC(C)(OC)[C@H](O)[C@H](C)O2)[C@@H](C)[C@H](O[C@@H]2OC(C)C[C@H](N(C)CCCN)[C@@H]2O)C(C)(O)C[C@H](C)CN(C)[C@H](C)[C@@H](O)[C@]1(C)O. The van der Waals surface area contributed by atoms with Gasteiger partial charge in [0, 0.05) is 38.1 Å². The molecule has 0 bridgehead atoms. The van der Waals surface area contributed by atoms with Gasteiger partial charge in [0.15, 0.2) is 12.6 Å². The zero-order valence-electron chi connectivity index (χ0n) is 35.9. The van der Waals surface area contributed by atoms with E-state index >= 15 is 0 Å². The Morgan fingerprint density at radius 3 is 2.20 bits per heavy atom. The van der Waals surface area contributed by atoms with Gasteiger partial charge in [0.05, 0.1) is 41.5 Å². The quantitative estimate of drug-likeness (QED) is 0.174. The van der Waals surface area contributed by atoms with Gasteiger partial charge in [-0.25, -0.2) is 0 Å². The smallest absolute Gasteiger partial charge is 0.311 e. The fraction of sp³-hybridized carbons (Fsp3) is 0.975. The van der Waals surface area contributed by atoms with Crippen LogP contribution in [0.5, 0.6) is 0 Å². The van der Waals surface area contributed by atoms with Crippen LogP contribution in [0.3, 0.4) is 0 Å². The highest BCUT2D eigenvalue weighted by Gasteiger charge is 2.52. The lowest BCUT2D eigenvalue weighted by molar-refractivity contribution is -0.318. The highest BCUT2D eigenvalue weighted by Crippen LogP contribution is 2.40. The van der Waals surface area contributed by atoms with E-state index in [1.54, 1.807) is 41.5 Å². The normalized spacial score (nSPS) is 47.6. The predicted octanol–water partition coefficient (Wildman–Crippen LogP) is 1.62. The lowest BCUT2D eigenvalue weighted by Gasteiger charge is -2.49. The molecule has 0 saturated carbocycles. The molecule has 15 nitrogen and oxygen atoms in total. The third-order valence-corrected chi connectivity index (χ3v) is 12.8. The molecule has 0 radical (unpaired) electrons. The number of hydrogen-bond acceptors (Lipinski definition) is 15. The van der Waals surface area contributed by atoms with Gasteiger partial charge in [0.1, 0.15) is 30.0 Å². The minimum atomic E-state index is -1.81. The van der Waals surface area contributed by atoms with E-state index in [4.69, 9.17) is 34.2 Å². The number of rotatable bonds is 10. The summed E-state index contributed by atoms with van der Waals surface area (Å²) in [5.41, 5.74) is 1.38. The number of hydrogen-bond donors (Lipinski definition) is 6. The van der Waals surface area contributed by atoms with Gasteiger partial charge in [-0.3, -0.25) is 4.79 Å². The van der Waals surface area contributed by atoms with Crippen molar-refractivity contribution in [1.29, 1.82) is 0 Å². The monoisotopic (exact) mass is 792 g/mol. The van der Waals surface area contributed by atoms with E-state index in [0.717, 1.165) is 6.42 Å². The number of carbonyl (C=O) groups is 1. The summed E-state index contributed by atoms with van der Waals surface area (Å²) in [6.07, 6.45) is -7.66. The maximum absolute atomic E-state index is 14.3. The Kier molecular flexibility index (Phi) is 17.4. The molecule has 0 amide bonds. The third kappa shape index (κ3) is 11.4. The van der Waals surface area contributed by atoms with E-state index < -0.39 is 96.0 Å². The van der Waals surface area contributed by atoms with E-state index in [-0.39, 0.29) is 37.3 Å². The number of aliphatic hydroxyl groups is 5. The molecule has 7 N–H and O–H groups in total. The summed E-state index contributed by atoms with van der Waals surface area (Å²) in [5, 5.41) is 58.6. The maximum atomic E-state index is 14.3. The van der Waals surface area contributed by atoms with Gasteiger partial charge in [-0.1, -0.05) is 20.8 Å². The average molecular weight is 792 g/mol. The lowest BCUT2D eigenvalue weighted by Crippen LogP contribution is -2.61. The molecule has 0 spiro atoms. The van der Waals surface area contributed by atoms with Crippen molar-refractivity contribution in [3.63, 3.8) is 0 Å². The molecule has 0 aliphatic carbocycles. The van der Waals surface area contributed by atoms with Crippen molar-refractivity contribution in [2.45, 2.75) is 192 Å². The van der Waals surface area contributed by atoms with Crippen molar-refractivity contribution in [2.75, 3.05) is 40.8 Å². The molecule has 3 rings (SSSR count). The Morgan fingerprint density at radius 1 is 0.982 bits per heavy atom. The van der Waals surface area contributed by atoms with E-state index in [9.17, 15) is 30.3 Å². The fourth-order valence-electron chi connectivity index (χ4n) is 9.17. The van der Waals surface area contributed by atoms with Crippen LogP contribution in [0.1, 0.15) is 101 Å². The molecular formula is C40H77N3O12. The van der Waals surface area contributed by atoms with Crippen LogP contribution in [0.25, 0.3) is 0 Å². The number of nitrogens with zero attached hydrogens (tertiary/aromatic N) is 2. The minimum absolute atomic E-state index is 0.125. The van der Waals surface area contributed by atoms with Crippen molar-refractivity contribution in [3.05, 3.63) is 0 Å². The molecular weight excluding hydrogens is 714 g/mol. The summed E-state index contributed by atoms with van der Waals surface area (Å²) in [4.78, 5) is 18.3. The second kappa shape index (κ2) is 19.8. The summed E-state index contributed by atoms with van der Waals surface area (Å²) in [7, 11) is 5.28. The van der Waals surface area contributed by atoms with Gasteiger partial charge in [0.25, 0.3) is 0 Å². The molecule has 0 aromatic rings. The van der Waals surface area contributed by atoms with Crippen LogP contribution in [-0.4, -0.2) is 172 Å². The molecule has 3 saturated heterocycles. The molecule has 3 unspecified atom stereocenters.